The number of nitrogens with zero attached hydrogens (tertiary/aromatic N) is 2. The number of cyclic esters (lactones) is 1. The van der Waals surface area contributed by atoms with Gasteiger partial charge in [0.05, 0.1) is 11.0 Å². The number of allylic oxidation sites excluding steroid dienone is 1. The number of likely N-dealkylation sites (N-methyl/N-ethyl adjacent to an activating group) is 1. The third-order valence-electron chi connectivity index (χ3n) is 7.95. The summed E-state index contributed by atoms with van der Waals surface area (Å²) in [4.78, 5) is 14.6. The maximum Gasteiger partial charge on any atom is 0.356 e. The fourth-order valence-corrected chi connectivity index (χ4v) is 5.71. The van der Waals surface area contributed by atoms with Gasteiger partial charge < -0.3 is 14.2 Å². The normalized spacial score (nSPS) is 18.5. The molecule has 0 amide bonds. The van der Waals surface area contributed by atoms with E-state index in [1.165, 1.54) is 66.3 Å². The van der Waals surface area contributed by atoms with E-state index in [0.29, 0.717) is 5.70 Å². The summed E-state index contributed by atoms with van der Waals surface area (Å²) in [5, 5.41) is 2.65. The highest BCUT2D eigenvalue weighted by Gasteiger charge is 2.34. The van der Waals surface area contributed by atoms with Gasteiger partial charge in [0.2, 0.25) is 0 Å². The van der Waals surface area contributed by atoms with Gasteiger partial charge in [-0.3, -0.25) is 0 Å². The number of hydrogen-bond donors (Lipinski definition) is 0. The van der Waals surface area contributed by atoms with Crippen LogP contribution in [0.15, 0.2) is 5.70 Å². The summed E-state index contributed by atoms with van der Waals surface area (Å²) in [5.41, 5.74) is 14.6. The van der Waals surface area contributed by atoms with Gasteiger partial charge in [-0.2, -0.15) is 0 Å². The van der Waals surface area contributed by atoms with Crippen molar-refractivity contribution in [2.24, 2.45) is 7.05 Å². The van der Waals surface area contributed by atoms with Crippen LogP contribution in [0, 0.1) is 48.5 Å². The predicted molar refractivity (Wildman–Crippen MR) is 129 cm³/mol. The summed E-state index contributed by atoms with van der Waals surface area (Å²) < 4.78 is 7.86. The Hall–Kier alpha value is -2.75. The van der Waals surface area contributed by atoms with Gasteiger partial charge in [0, 0.05) is 24.9 Å². The fourth-order valence-electron chi connectivity index (χ4n) is 5.71. The lowest BCUT2D eigenvalue weighted by atomic mass is 9.87. The predicted octanol–water partition coefficient (Wildman–Crippen LogP) is 6.06. The van der Waals surface area contributed by atoms with Crippen molar-refractivity contribution in [3.05, 3.63) is 50.2 Å². The zero-order chi connectivity index (χ0) is 23.1. The van der Waals surface area contributed by atoms with Gasteiger partial charge in [-0.05, 0) is 112 Å². The van der Waals surface area contributed by atoms with Crippen LogP contribution in [0.1, 0.15) is 58.4 Å². The van der Waals surface area contributed by atoms with Crippen molar-refractivity contribution >= 4 is 33.3 Å². The minimum Gasteiger partial charge on any atom is -0.437 e. The first-order valence-electron chi connectivity index (χ1n) is 11.0. The first-order valence-corrected chi connectivity index (χ1v) is 11.0. The van der Waals surface area contributed by atoms with Crippen LogP contribution in [0.3, 0.4) is 0 Å². The van der Waals surface area contributed by atoms with Crippen molar-refractivity contribution in [1.82, 2.24) is 9.47 Å². The van der Waals surface area contributed by atoms with Gasteiger partial charge in [0.1, 0.15) is 5.70 Å². The van der Waals surface area contributed by atoms with Crippen LogP contribution in [0.4, 0.5) is 0 Å². The Bertz CT molecular complexity index is 1340. The largest absolute Gasteiger partial charge is 0.437 e. The molecule has 0 N–H and O–H groups in total. The smallest absolute Gasteiger partial charge is 0.356 e. The Balaban J connectivity index is 2.24. The van der Waals surface area contributed by atoms with Crippen molar-refractivity contribution in [3.63, 3.8) is 0 Å². The monoisotopic (exact) mass is 418 g/mol. The van der Waals surface area contributed by atoms with Crippen LogP contribution in [0.2, 0.25) is 0 Å². The number of carbonyl (C=O) groups excluding carboxylic acids is 1. The molecule has 0 saturated carbocycles. The SMILES string of the molecule is C/C(=C1/C(=O)OC(C)N1C)c1c(C)c(C)c2c(c1C)c1c(C)c(C)c(C)c(C)c1n2C. The van der Waals surface area contributed by atoms with Crippen LogP contribution in [0.25, 0.3) is 27.4 Å². The molecule has 0 spiro atoms. The summed E-state index contributed by atoms with van der Waals surface area (Å²) in [6.45, 7) is 19.5. The average molecular weight is 419 g/mol. The van der Waals surface area contributed by atoms with E-state index in [1.807, 2.05) is 18.9 Å². The second-order valence-corrected chi connectivity index (χ2v) is 9.35. The first kappa shape index (κ1) is 21.5. The van der Waals surface area contributed by atoms with E-state index in [-0.39, 0.29) is 12.2 Å². The summed E-state index contributed by atoms with van der Waals surface area (Å²) in [5.74, 6) is -0.236. The van der Waals surface area contributed by atoms with Crippen LogP contribution in [0.5, 0.6) is 0 Å². The first-order chi connectivity index (χ1) is 14.4. The lowest BCUT2D eigenvalue weighted by Crippen LogP contribution is -2.22. The molecule has 1 unspecified atom stereocenters. The van der Waals surface area contributed by atoms with Crippen LogP contribution in [-0.2, 0) is 16.6 Å². The van der Waals surface area contributed by atoms with Crippen molar-refractivity contribution < 1.29 is 9.53 Å². The lowest BCUT2D eigenvalue weighted by molar-refractivity contribution is -0.139. The van der Waals surface area contributed by atoms with E-state index < -0.39 is 0 Å². The molecule has 0 bridgehead atoms. The molecular weight excluding hydrogens is 384 g/mol. The molecule has 4 nitrogen and oxygen atoms in total. The zero-order valence-corrected chi connectivity index (χ0v) is 20.8. The molecule has 1 atom stereocenters. The molecule has 2 aromatic carbocycles. The number of ether oxygens (including phenoxy) is 1. The number of aryl methyl sites for hydroxylation is 5. The number of aromatic nitrogens is 1. The quantitative estimate of drug-likeness (QED) is 0.356. The van der Waals surface area contributed by atoms with Gasteiger partial charge in [-0.1, -0.05) is 0 Å². The maximum absolute atomic E-state index is 12.7. The molecule has 1 aromatic heterocycles. The van der Waals surface area contributed by atoms with Gasteiger partial charge in [-0.25, -0.2) is 4.79 Å². The fraction of sp³-hybridized carbons (Fsp3) is 0.444. The van der Waals surface area contributed by atoms with E-state index in [9.17, 15) is 4.79 Å². The molecule has 31 heavy (non-hydrogen) atoms. The Morgan fingerprint density at radius 3 is 1.74 bits per heavy atom. The van der Waals surface area contributed by atoms with Gasteiger partial charge in [0.25, 0.3) is 0 Å². The maximum atomic E-state index is 12.7. The minimum atomic E-state index is -0.240. The molecule has 164 valence electrons. The highest BCUT2D eigenvalue weighted by atomic mass is 16.6. The molecule has 1 aliphatic heterocycles. The van der Waals surface area contributed by atoms with E-state index in [0.717, 1.165) is 5.57 Å². The molecule has 0 aliphatic carbocycles. The van der Waals surface area contributed by atoms with Crippen molar-refractivity contribution in [1.29, 1.82) is 0 Å². The number of carbonyl (C=O) groups is 1. The summed E-state index contributed by atoms with van der Waals surface area (Å²) in [6, 6.07) is 0. The van der Waals surface area contributed by atoms with Crippen molar-refractivity contribution in [2.75, 3.05) is 7.05 Å². The molecule has 1 aliphatic rings. The number of rotatable bonds is 1. The van der Waals surface area contributed by atoms with Gasteiger partial charge >= 0.3 is 5.97 Å². The van der Waals surface area contributed by atoms with Crippen LogP contribution in [-0.4, -0.2) is 28.7 Å². The third kappa shape index (κ3) is 2.63. The second-order valence-electron chi connectivity index (χ2n) is 9.35. The van der Waals surface area contributed by atoms with E-state index in [2.05, 4.69) is 67.0 Å². The molecule has 2 heterocycles. The standard InChI is InChI=1S/C27H34N2O2/c1-12-13(2)16(5)24-22(14(12)3)23-18(7)21(15(4)17(6)25(23)29(24)11)19(8)26-27(30)31-20(9)28(26)10/h20H,1-11H3/b26-19+. The topological polar surface area (TPSA) is 34.5 Å². The summed E-state index contributed by atoms with van der Waals surface area (Å²) in [7, 11) is 4.12. The Kier molecular flexibility index (Phi) is 4.77. The molecule has 3 aromatic rings. The highest BCUT2D eigenvalue weighted by molar-refractivity contribution is 6.15. The third-order valence-corrected chi connectivity index (χ3v) is 7.95. The number of benzene rings is 2. The summed E-state index contributed by atoms with van der Waals surface area (Å²) in [6.07, 6.45) is -0.240. The van der Waals surface area contributed by atoms with E-state index in [4.69, 9.17) is 4.74 Å². The molecule has 1 saturated heterocycles. The molecule has 1 fully saturated rings. The Labute approximate surface area is 185 Å². The van der Waals surface area contributed by atoms with Gasteiger partial charge in [-0.15, -0.1) is 0 Å². The van der Waals surface area contributed by atoms with Crippen LogP contribution >= 0.6 is 0 Å². The number of hydrogen-bond acceptors (Lipinski definition) is 3. The van der Waals surface area contributed by atoms with Crippen LogP contribution < -0.4 is 0 Å². The molecule has 4 rings (SSSR count). The average Bonchev–Trinajstić information content (AvgIpc) is 3.15. The van der Waals surface area contributed by atoms with Crippen molar-refractivity contribution in [3.8, 4) is 0 Å². The molecular formula is C27H34N2O2. The second kappa shape index (κ2) is 6.88. The van der Waals surface area contributed by atoms with E-state index in [1.54, 1.807) is 0 Å². The van der Waals surface area contributed by atoms with E-state index >= 15 is 0 Å². The lowest BCUT2D eigenvalue weighted by Gasteiger charge is -2.21. The minimum absolute atomic E-state index is 0.236. The van der Waals surface area contributed by atoms with Crippen molar-refractivity contribution in [2.45, 2.75) is 68.5 Å². The Morgan fingerprint density at radius 1 is 0.742 bits per heavy atom. The molecule has 4 heteroatoms. The highest BCUT2D eigenvalue weighted by Crippen LogP contribution is 2.43. The Morgan fingerprint density at radius 2 is 1.23 bits per heavy atom. The number of fused-ring (bicyclic) bond motifs is 3. The molecule has 0 radical (unpaired) electrons. The zero-order valence-electron chi connectivity index (χ0n) is 20.8. The van der Waals surface area contributed by atoms with Gasteiger partial charge in [0.15, 0.2) is 6.23 Å². The number of esters is 1. The summed E-state index contributed by atoms with van der Waals surface area (Å²) >= 11 is 0.